The second-order valence-corrected chi connectivity index (χ2v) is 15.4. The Morgan fingerprint density at radius 2 is 1.73 bits per heavy atom. The smallest absolute Gasteiger partial charge is 0.276 e. The molecule has 3 aromatic rings. The molecule has 4 aliphatic rings. The molecular weight excluding hydrogens is 600 g/mol. The summed E-state index contributed by atoms with van der Waals surface area (Å²) in [5.41, 5.74) is 1.56. The van der Waals surface area contributed by atoms with Crippen molar-refractivity contribution in [2.24, 2.45) is 5.92 Å². The molecule has 7 rings (SSSR count). The zero-order valence-electron chi connectivity index (χ0n) is 25.8. The van der Waals surface area contributed by atoms with Gasteiger partial charge in [0.1, 0.15) is 27.6 Å². The highest BCUT2D eigenvalue weighted by molar-refractivity contribution is 7.91. The van der Waals surface area contributed by atoms with E-state index in [4.69, 9.17) is 0 Å². The van der Waals surface area contributed by atoms with Crippen LogP contribution in [0.4, 0.5) is 14.6 Å². The summed E-state index contributed by atoms with van der Waals surface area (Å²) >= 11 is 0. The van der Waals surface area contributed by atoms with Gasteiger partial charge < -0.3 is 15.3 Å². The van der Waals surface area contributed by atoms with Gasteiger partial charge in [0.05, 0.1) is 23.0 Å². The van der Waals surface area contributed by atoms with E-state index < -0.39 is 27.8 Å². The molecular formula is C33H43F2N5O4S. The standard InChI is InChI=1S/C33H43F2N5O4S/c1-22-24-6-5-7-26(18-24)33(34,35)25-9-14-39(15-10-25)20-27(41)8-3-2-4-13-40-31-29(30(38-22)36-21-37-31)19-28(32(40)42)23-11-16-45(43,44)17-12-23/h5-7,18-19,21-23,25,27,41H,2-4,8-17,20H2,1H3,(H,36,37,38)/t22-,27+/m1/s1. The van der Waals surface area contributed by atoms with Crippen molar-refractivity contribution in [2.75, 3.05) is 36.5 Å². The molecule has 2 atom stereocenters. The van der Waals surface area contributed by atoms with Crippen LogP contribution in [0, 0.1) is 5.92 Å². The maximum Gasteiger partial charge on any atom is 0.276 e. The van der Waals surface area contributed by atoms with E-state index in [0.29, 0.717) is 92.7 Å². The van der Waals surface area contributed by atoms with E-state index >= 15 is 8.78 Å². The number of aryl methyl sites for hydroxylation is 1. The summed E-state index contributed by atoms with van der Waals surface area (Å²) in [6, 6.07) is 7.99. The van der Waals surface area contributed by atoms with Crippen LogP contribution in [-0.2, 0) is 22.3 Å². The predicted octanol–water partition coefficient (Wildman–Crippen LogP) is 5.00. The molecule has 9 nitrogen and oxygen atoms in total. The van der Waals surface area contributed by atoms with Gasteiger partial charge in [-0.3, -0.25) is 9.36 Å². The molecule has 0 radical (unpaired) electrons. The number of aromatic nitrogens is 3. The van der Waals surface area contributed by atoms with E-state index in [2.05, 4.69) is 20.2 Å². The number of halogens is 2. The van der Waals surface area contributed by atoms with Crippen LogP contribution in [0.5, 0.6) is 0 Å². The van der Waals surface area contributed by atoms with Crippen molar-refractivity contribution in [1.29, 1.82) is 0 Å². The number of aliphatic hydroxyl groups excluding tert-OH is 1. The van der Waals surface area contributed by atoms with Crippen LogP contribution < -0.4 is 10.9 Å². The van der Waals surface area contributed by atoms with Gasteiger partial charge in [-0.15, -0.1) is 0 Å². The zero-order chi connectivity index (χ0) is 31.8. The highest BCUT2D eigenvalue weighted by Gasteiger charge is 2.43. The van der Waals surface area contributed by atoms with Gasteiger partial charge in [-0.2, -0.15) is 0 Å². The van der Waals surface area contributed by atoms with Crippen LogP contribution in [0.15, 0.2) is 41.5 Å². The number of sulfone groups is 1. The molecule has 0 unspecified atom stereocenters. The number of aliphatic hydroxyl groups is 1. The molecule has 2 saturated heterocycles. The Labute approximate surface area is 263 Å². The van der Waals surface area contributed by atoms with Crippen LogP contribution in [-0.4, -0.2) is 70.2 Å². The molecule has 2 aromatic heterocycles. The van der Waals surface area contributed by atoms with Gasteiger partial charge in [0, 0.05) is 36.2 Å². The number of rotatable bonds is 1. The van der Waals surface area contributed by atoms with E-state index in [1.807, 2.05) is 13.0 Å². The summed E-state index contributed by atoms with van der Waals surface area (Å²) in [7, 11) is -3.11. The minimum Gasteiger partial charge on any atom is -0.392 e. The third-order valence-electron chi connectivity index (χ3n) is 10.0. The highest BCUT2D eigenvalue weighted by atomic mass is 32.2. The topological polar surface area (TPSA) is 117 Å². The van der Waals surface area contributed by atoms with E-state index in [1.54, 1.807) is 22.8 Å². The summed E-state index contributed by atoms with van der Waals surface area (Å²) in [5, 5.41) is 14.7. The lowest BCUT2D eigenvalue weighted by Gasteiger charge is -2.37. The lowest BCUT2D eigenvalue weighted by molar-refractivity contribution is -0.0875. The minimum absolute atomic E-state index is 0.00560. The van der Waals surface area contributed by atoms with E-state index in [-0.39, 0.29) is 34.6 Å². The van der Waals surface area contributed by atoms with Crippen molar-refractivity contribution in [3.05, 3.63) is 63.7 Å². The number of benzene rings is 1. The number of anilines is 1. The summed E-state index contributed by atoms with van der Waals surface area (Å²) in [6.45, 7) is 3.87. The Kier molecular flexibility index (Phi) is 9.27. The Hall–Kier alpha value is -2.96. The van der Waals surface area contributed by atoms with Gasteiger partial charge >= 0.3 is 0 Å². The first-order valence-corrected chi connectivity index (χ1v) is 18.1. The van der Waals surface area contributed by atoms with E-state index in [1.165, 1.54) is 12.4 Å². The number of pyridine rings is 1. The fraction of sp³-hybridized carbons (Fsp3) is 0.606. The quantitative estimate of drug-likeness (QED) is 0.381. The van der Waals surface area contributed by atoms with Crippen molar-refractivity contribution in [2.45, 2.75) is 88.8 Å². The van der Waals surface area contributed by atoms with Crippen LogP contribution in [0.3, 0.4) is 0 Å². The van der Waals surface area contributed by atoms with E-state index in [9.17, 15) is 18.3 Å². The SMILES string of the molecule is C[C@H]1Nc2ncnc3c2cc(C2CCS(=O)(=O)CC2)c(=O)n3CCCCC[C@H](O)CN2CCC(CC2)C(F)(F)c2cccc1c2. The number of nitrogens with zero attached hydrogens (tertiary/aromatic N) is 4. The van der Waals surface area contributed by atoms with Crippen LogP contribution in [0.1, 0.15) is 86.9 Å². The average molecular weight is 644 g/mol. The second kappa shape index (κ2) is 13.0. The van der Waals surface area contributed by atoms with Gasteiger partial charge in [-0.1, -0.05) is 31.0 Å². The Balaban J connectivity index is 1.39. The predicted molar refractivity (Wildman–Crippen MR) is 170 cm³/mol. The number of hydrogen-bond donors (Lipinski definition) is 2. The van der Waals surface area contributed by atoms with Crippen molar-refractivity contribution in [3.63, 3.8) is 0 Å². The zero-order valence-corrected chi connectivity index (χ0v) is 26.6. The number of piperidine rings is 1. The fourth-order valence-corrected chi connectivity index (χ4v) is 8.74. The maximum atomic E-state index is 15.9. The van der Waals surface area contributed by atoms with Crippen molar-refractivity contribution in [1.82, 2.24) is 19.4 Å². The first-order valence-electron chi connectivity index (χ1n) is 16.3. The first kappa shape index (κ1) is 32.0. The normalized spacial score (nSPS) is 27.9. The molecule has 0 amide bonds. The van der Waals surface area contributed by atoms with Gasteiger partial charge in [0.2, 0.25) is 0 Å². The van der Waals surface area contributed by atoms with Gasteiger partial charge in [-0.05, 0) is 82.2 Å². The highest BCUT2D eigenvalue weighted by Crippen LogP contribution is 2.42. The molecule has 45 heavy (non-hydrogen) atoms. The largest absolute Gasteiger partial charge is 0.392 e. The molecule has 244 valence electrons. The van der Waals surface area contributed by atoms with E-state index in [0.717, 1.165) is 12.8 Å². The van der Waals surface area contributed by atoms with Crippen LogP contribution in [0.2, 0.25) is 0 Å². The van der Waals surface area contributed by atoms with Crippen LogP contribution in [0.25, 0.3) is 11.0 Å². The monoisotopic (exact) mass is 643 g/mol. The number of alkyl halides is 2. The van der Waals surface area contributed by atoms with Gasteiger partial charge in [-0.25, -0.2) is 27.2 Å². The first-order chi connectivity index (χ1) is 21.5. The number of fused-ring (bicyclic) bond motifs is 9. The van der Waals surface area contributed by atoms with Crippen molar-refractivity contribution in [3.8, 4) is 0 Å². The molecule has 0 aliphatic carbocycles. The van der Waals surface area contributed by atoms with Crippen molar-refractivity contribution < 1.29 is 22.3 Å². The molecule has 6 heterocycles. The molecule has 4 aliphatic heterocycles. The molecule has 0 spiro atoms. The molecule has 2 fully saturated rings. The van der Waals surface area contributed by atoms with Gasteiger partial charge in [0.25, 0.3) is 11.5 Å². The molecule has 2 N–H and O–H groups in total. The lowest BCUT2D eigenvalue weighted by Crippen LogP contribution is -2.42. The Morgan fingerprint density at radius 3 is 2.49 bits per heavy atom. The Morgan fingerprint density at radius 1 is 0.978 bits per heavy atom. The second-order valence-electron chi connectivity index (χ2n) is 13.1. The third kappa shape index (κ3) is 6.92. The van der Waals surface area contributed by atoms with Crippen LogP contribution >= 0.6 is 0 Å². The maximum absolute atomic E-state index is 15.9. The number of hydrogen-bond acceptors (Lipinski definition) is 8. The summed E-state index contributed by atoms with van der Waals surface area (Å²) in [6.07, 6.45) is 5.26. The summed E-state index contributed by atoms with van der Waals surface area (Å²) < 4.78 is 57.7. The van der Waals surface area contributed by atoms with Gasteiger partial charge in [0.15, 0.2) is 0 Å². The fourth-order valence-electron chi connectivity index (χ4n) is 7.25. The summed E-state index contributed by atoms with van der Waals surface area (Å²) in [4.78, 5) is 25.0. The number of nitrogens with one attached hydrogen (secondary N) is 1. The Bertz CT molecular complexity index is 1680. The van der Waals surface area contributed by atoms with Crippen molar-refractivity contribution >= 4 is 26.7 Å². The average Bonchev–Trinajstić information content (AvgIpc) is 3.02. The molecule has 0 saturated carbocycles. The molecule has 1 aromatic carbocycles. The summed E-state index contributed by atoms with van der Waals surface area (Å²) in [5.74, 6) is -3.37. The lowest BCUT2D eigenvalue weighted by atomic mass is 9.85. The molecule has 8 bridgehead atoms. The third-order valence-corrected chi connectivity index (χ3v) is 11.7. The molecule has 12 heteroatoms. The minimum atomic E-state index is -3.11.